The summed E-state index contributed by atoms with van der Waals surface area (Å²) in [5.74, 6) is -1.86. The van der Waals surface area contributed by atoms with Crippen molar-refractivity contribution in [1.29, 1.82) is 5.26 Å². The van der Waals surface area contributed by atoms with Crippen LogP contribution in [0.25, 0.3) is 0 Å². The van der Waals surface area contributed by atoms with E-state index in [1.807, 2.05) is 6.07 Å². The molecule has 1 N–H and O–H groups in total. The molecule has 0 bridgehead atoms. The highest BCUT2D eigenvalue weighted by molar-refractivity contribution is 7.98. The van der Waals surface area contributed by atoms with E-state index in [0.717, 1.165) is 36.7 Å². The number of thioether (sulfide) groups is 1. The molecular formula is C17H13F2N3OS. The second-order valence-corrected chi connectivity index (χ2v) is 6.27. The monoisotopic (exact) mass is 345 g/mol. The van der Waals surface area contributed by atoms with Crippen LogP contribution in [0.5, 0.6) is 0 Å². The van der Waals surface area contributed by atoms with Crippen molar-refractivity contribution in [3.63, 3.8) is 0 Å². The first-order chi connectivity index (χ1) is 11.5. The van der Waals surface area contributed by atoms with Gasteiger partial charge in [0.2, 0.25) is 0 Å². The summed E-state index contributed by atoms with van der Waals surface area (Å²) in [6.45, 7) is 0. The van der Waals surface area contributed by atoms with E-state index < -0.39 is 17.5 Å². The molecule has 122 valence electrons. The van der Waals surface area contributed by atoms with Crippen molar-refractivity contribution in [2.24, 2.45) is 0 Å². The molecule has 2 aromatic rings. The quantitative estimate of drug-likeness (QED) is 0.848. The molecule has 0 spiro atoms. The van der Waals surface area contributed by atoms with Crippen LogP contribution in [-0.4, -0.2) is 17.1 Å². The topological polar surface area (TPSA) is 65.8 Å². The third-order valence-electron chi connectivity index (χ3n) is 3.67. The van der Waals surface area contributed by atoms with Gasteiger partial charge in [-0.3, -0.25) is 4.79 Å². The normalized spacial score (nSPS) is 13.4. The number of rotatable bonds is 4. The Kier molecular flexibility index (Phi) is 4.49. The molecular weight excluding hydrogens is 332 g/mol. The van der Waals surface area contributed by atoms with Crippen LogP contribution in [0, 0.1) is 23.0 Å². The zero-order chi connectivity index (χ0) is 17.3. The largest absolute Gasteiger partial charge is 0.322 e. The number of benzene rings is 1. The van der Waals surface area contributed by atoms with Gasteiger partial charge >= 0.3 is 0 Å². The van der Waals surface area contributed by atoms with E-state index in [2.05, 4.69) is 10.3 Å². The van der Waals surface area contributed by atoms with Gasteiger partial charge in [0.05, 0.1) is 11.1 Å². The molecule has 24 heavy (non-hydrogen) atoms. The summed E-state index contributed by atoms with van der Waals surface area (Å²) in [5, 5.41) is 12.3. The van der Waals surface area contributed by atoms with Crippen LogP contribution in [0.1, 0.15) is 40.4 Å². The molecule has 1 fully saturated rings. The molecule has 1 heterocycles. The molecule has 0 unspecified atom stereocenters. The fourth-order valence-electron chi connectivity index (χ4n) is 2.39. The van der Waals surface area contributed by atoms with Gasteiger partial charge in [-0.2, -0.15) is 5.26 Å². The van der Waals surface area contributed by atoms with Crippen LogP contribution >= 0.6 is 11.8 Å². The summed E-state index contributed by atoms with van der Waals surface area (Å²) in [4.78, 5) is 17.0. The summed E-state index contributed by atoms with van der Waals surface area (Å²) in [7, 11) is 0. The van der Waals surface area contributed by atoms with Gasteiger partial charge in [-0.25, -0.2) is 13.8 Å². The van der Waals surface area contributed by atoms with Crippen LogP contribution in [0.4, 0.5) is 14.5 Å². The summed E-state index contributed by atoms with van der Waals surface area (Å²) >= 11 is 1.29. The molecule has 1 aliphatic carbocycles. The van der Waals surface area contributed by atoms with E-state index in [1.54, 1.807) is 12.3 Å². The van der Waals surface area contributed by atoms with Gasteiger partial charge in [0, 0.05) is 23.4 Å². The van der Waals surface area contributed by atoms with Crippen molar-refractivity contribution in [1.82, 2.24) is 4.98 Å². The number of carbonyl (C=O) groups excluding carboxylic acids is 1. The first-order valence-corrected chi connectivity index (χ1v) is 8.50. The minimum atomic E-state index is -0.788. The van der Waals surface area contributed by atoms with E-state index in [1.165, 1.54) is 11.8 Å². The van der Waals surface area contributed by atoms with Crippen LogP contribution in [0.15, 0.2) is 29.3 Å². The second-order valence-electron chi connectivity index (χ2n) is 5.48. The van der Waals surface area contributed by atoms with Gasteiger partial charge in [0.15, 0.2) is 0 Å². The molecule has 0 radical (unpaired) electrons. The lowest BCUT2D eigenvalue weighted by atomic mass is 10.1. The van der Waals surface area contributed by atoms with Gasteiger partial charge in [-0.05, 0) is 37.3 Å². The lowest BCUT2D eigenvalue weighted by molar-refractivity contribution is 0.102. The van der Waals surface area contributed by atoms with Crippen molar-refractivity contribution in [3.05, 3.63) is 52.7 Å². The first-order valence-electron chi connectivity index (χ1n) is 7.28. The molecule has 1 amide bonds. The van der Waals surface area contributed by atoms with Crippen LogP contribution in [0.3, 0.4) is 0 Å². The standard InChI is InChI=1S/C17H13F2N3OS/c1-24-17-14(8-20)13(7-15(22-17)9-2-3-9)16(23)21-12-5-10(18)4-11(19)6-12/h4-7,9H,2-3H2,1H3,(H,21,23). The maximum Gasteiger partial charge on any atom is 0.257 e. The Morgan fingerprint density at radius 1 is 1.29 bits per heavy atom. The molecule has 0 aliphatic heterocycles. The lowest BCUT2D eigenvalue weighted by Gasteiger charge is -2.11. The van der Waals surface area contributed by atoms with E-state index in [4.69, 9.17) is 0 Å². The number of carbonyl (C=O) groups is 1. The summed E-state index contributed by atoms with van der Waals surface area (Å²) < 4.78 is 26.5. The SMILES string of the molecule is CSc1nc(C2CC2)cc(C(=O)Nc2cc(F)cc(F)c2)c1C#N. The third-order valence-corrected chi connectivity index (χ3v) is 4.35. The average Bonchev–Trinajstić information content (AvgIpc) is 3.37. The Balaban J connectivity index is 1.99. The van der Waals surface area contributed by atoms with Gasteiger partial charge in [0.1, 0.15) is 22.7 Å². The van der Waals surface area contributed by atoms with Crippen molar-refractivity contribution >= 4 is 23.4 Å². The number of anilines is 1. The highest BCUT2D eigenvalue weighted by Gasteiger charge is 2.28. The molecule has 1 aromatic heterocycles. The number of amides is 1. The fourth-order valence-corrected chi connectivity index (χ4v) is 2.94. The van der Waals surface area contributed by atoms with Crippen LogP contribution in [0.2, 0.25) is 0 Å². The predicted molar refractivity (Wildman–Crippen MR) is 87.0 cm³/mol. The minimum absolute atomic E-state index is 0.00289. The van der Waals surface area contributed by atoms with Crippen molar-refractivity contribution < 1.29 is 13.6 Å². The van der Waals surface area contributed by atoms with Crippen molar-refractivity contribution in [3.8, 4) is 6.07 Å². The van der Waals surface area contributed by atoms with Gasteiger partial charge in [-0.15, -0.1) is 11.8 Å². The van der Waals surface area contributed by atoms with Crippen molar-refractivity contribution in [2.45, 2.75) is 23.8 Å². The number of nitrogens with zero attached hydrogens (tertiary/aromatic N) is 2. The zero-order valence-electron chi connectivity index (χ0n) is 12.8. The maximum atomic E-state index is 13.3. The van der Waals surface area contributed by atoms with E-state index in [9.17, 15) is 18.8 Å². The number of aromatic nitrogens is 1. The number of nitriles is 1. The van der Waals surface area contributed by atoms with E-state index in [-0.39, 0.29) is 16.8 Å². The molecule has 1 aliphatic rings. The molecule has 1 saturated carbocycles. The number of nitrogens with one attached hydrogen (secondary N) is 1. The minimum Gasteiger partial charge on any atom is -0.322 e. The number of hydrogen-bond donors (Lipinski definition) is 1. The van der Waals surface area contributed by atoms with E-state index in [0.29, 0.717) is 10.9 Å². The Hall–Kier alpha value is -2.46. The number of pyridine rings is 1. The smallest absolute Gasteiger partial charge is 0.257 e. The molecule has 3 rings (SSSR count). The Morgan fingerprint density at radius 2 is 1.96 bits per heavy atom. The Labute approximate surface area is 141 Å². The molecule has 0 atom stereocenters. The summed E-state index contributed by atoms with van der Waals surface area (Å²) in [6.07, 6.45) is 3.79. The Morgan fingerprint density at radius 3 is 2.50 bits per heavy atom. The van der Waals surface area contributed by atoms with Crippen LogP contribution in [-0.2, 0) is 0 Å². The summed E-state index contributed by atoms with van der Waals surface area (Å²) in [5.41, 5.74) is 1.11. The number of halogens is 2. The molecule has 0 saturated heterocycles. The molecule has 7 heteroatoms. The third kappa shape index (κ3) is 3.39. The van der Waals surface area contributed by atoms with Crippen LogP contribution < -0.4 is 5.32 Å². The lowest BCUT2D eigenvalue weighted by Crippen LogP contribution is -2.15. The predicted octanol–water partition coefficient (Wildman–Crippen LogP) is 4.08. The molecule has 4 nitrogen and oxygen atoms in total. The zero-order valence-corrected chi connectivity index (χ0v) is 13.6. The first kappa shape index (κ1) is 16.4. The van der Waals surface area contributed by atoms with Gasteiger partial charge in [-0.1, -0.05) is 0 Å². The maximum absolute atomic E-state index is 13.3. The Bertz CT molecular complexity index is 839. The highest BCUT2D eigenvalue weighted by Crippen LogP contribution is 2.40. The molecule has 1 aromatic carbocycles. The van der Waals surface area contributed by atoms with Crippen molar-refractivity contribution in [2.75, 3.05) is 11.6 Å². The van der Waals surface area contributed by atoms with Gasteiger partial charge < -0.3 is 5.32 Å². The second kappa shape index (κ2) is 6.57. The highest BCUT2D eigenvalue weighted by atomic mass is 32.2. The number of hydrogen-bond acceptors (Lipinski definition) is 4. The fraction of sp³-hybridized carbons (Fsp3) is 0.235. The van der Waals surface area contributed by atoms with Gasteiger partial charge in [0.25, 0.3) is 5.91 Å². The summed E-state index contributed by atoms with van der Waals surface area (Å²) in [6, 6.07) is 6.36. The van der Waals surface area contributed by atoms with E-state index >= 15 is 0 Å². The average molecular weight is 345 g/mol.